The van der Waals surface area contributed by atoms with Crippen LogP contribution in [0.2, 0.25) is 0 Å². The molecule has 116 valence electrons. The molecule has 0 atom stereocenters. The van der Waals surface area contributed by atoms with Crippen molar-refractivity contribution in [3.05, 3.63) is 10.4 Å². The van der Waals surface area contributed by atoms with E-state index in [1.165, 1.54) is 11.3 Å². The van der Waals surface area contributed by atoms with Crippen LogP contribution in [-0.2, 0) is 4.74 Å². The van der Waals surface area contributed by atoms with Crippen LogP contribution >= 0.6 is 11.3 Å². The van der Waals surface area contributed by atoms with Crippen LogP contribution in [0.25, 0.3) is 0 Å². The fourth-order valence-corrected chi connectivity index (χ4v) is 3.77. The summed E-state index contributed by atoms with van der Waals surface area (Å²) in [4.78, 5) is 27.1. The number of carbonyl (C=O) groups excluding carboxylic acids is 2. The van der Waals surface area contributed by atoms with Crippen LogP contribution in [0.3, 0.4) is 0 Å². The van der Waals surface area contributed by atoms with Gasteiger partial charge in [-0.05, 0) is 19.8 Å². The van der Waals surface area contributed by atoms with E-state index in [1.54, 1.807) is 6.92 Å². The molecule has 1 aromatic rings. The van der Waals surface area contributed by atoms with Crippen molar-refractivity contribution < 1.29 is 14.3 Å². The molecular weight excluding hydrogens is 288 g/mol. The number of thiophene rings is 1. The molecule has 2 N–H and O–H groups in total. The van der Waals surface area contributed by atoms with Crippen LogP contribution in [0.4, 0.5) is 10.7 Å². The average molecular weight is 310 g/mol. The number of carbonyl (C=O) groups is 2. The van der Waals surface area contributed by atoms with E-state index >= 15 is 0 Å². The molecule has 2 heterocycles. The Balaban J connectivity index is 2.48. The molecule has 0 amide bonds. The smallest absolute Gasteiger partial charge is 0.343 e. The number of rotatable bonds is 5. The van der Waals surface area contributed by atoms with Gasteiger partial charge in [0.25, 0.3) is 0 Å². The van der Waals surface area contributed by atoms with Gasteiger partial charge in [-0.25, -0.2) is 4.79 Å². The van der Waals surface area contributed by atoms with Gasteiger partial charge >= 0.3 is 5.97 Å². The van der Waals surface area contributed by atoms with Gasteiger partial charge in [0.1, 0.15) is 10.6 Å². The molecule has 1 aliphatic heterocycles. The van der Waals surface area contributed by atoms with Crippen LogP contribution in [-0.4, -0.2) is 31.4 Å². The molecule has 1 fully saturated rings. The first-order chi connectivity index (χ1) is 9.97. The minimum Gasteiger partial charge on any atom is -0.462 e. The highest BCUT2D eigenvalue weighted by Gasteiger charge is 2.30. The Hall–Kier alpha value is -1.56. The Bertz CT molecular complexity index is 545. The van der Waals surface area contributed by atoms with Gasteiger partial charge in [0.2, 0.25) is 0 Å². The van der Waals surface area contributed by atoms with E-state index in [0.717, 1.165) is 30.9 Å². The molecule has 0 aromatic carbocycles. The SMILES string of the molecule is CCOC(=O)c1c(N2CCCC2)sc(C(=O)C(C)C)c1N. The van der Waals surface area contributed by atoms with Crippen molar-refractivity contribution in [3.8, 4) is 0 Å². The zero-order valence-electron chi connectivity index (χ0n) is 12.8. The predicted molar refractivity (Wildman–Crippen MR) is 85.3 cm³/mol. The number of esters is 1. The van der Waals surface area contributed by atoms with Crippen LogP contribution in [0.15, 0.2) is 0 Å². The van der Waals surface area contributed by atoms with Crippen LogP contribution < -0.4 is 10.6 Å². The summed E-state index contributed by atoms with van der Waals surface area (Å²) in [6.07, 6.45) is 2.18. The molecule has 0 spiro atoms. The Kier molecular flexibility index (Phi) is 4.88. The Morgan fingerprint density at radius 2 is 1.95 bits per heavy atom. The molecule has 21 heavy (non-hydrogen) atoms. The maximum absolute atomic E-state index is 12.3. The van der Waals surface area contributed by atoms with Crippen molar-refractivity contribution in [1.82, 2.24) is 0 Å². The molecule has 0 bridgehead atoms. The third-order valence-corrected chi connectivity index (χ3v) is 4.83. The van der Waals surface area contributed by atoms with Crippen molar-refractivity contribution >= 4 is 33.8 Å². The zero-order chi connectivity index (χ0) is 15.6. The van der Waals surface area contributed by atoms with E-state index in [2.05, 4.69) is 4.90 Å². The Morgan fingerprint density at radius 1 is 1.33 bits per heavy atom. The fraction of sp³-hybridized carbons (Fsp3) is 0.600. The van der Waals surface area contributed by atoms with Crippen LogP contribution in [0.5, 0.6) is 0 Å². The largest absolute Gasteiger partial charge is 0.462 e. The monoisotopic (exact) mass is 310 g/mol. The normalized spacial score (nSPS) is 14.8. The lowest BCUT2D eigenvalue weighted by Gasteiger charge is -2.16. The first-order valence-electron chi connectivity index (χ1n) is 7.35. The van der Waals surface area contributed by atoms with Gasteiger partial charge in [-0.3, -0.25) is 4.79 Å². The molecule has 0 radical (unpaired) electrons. The van der Waals surface area contributed by atoms with Crippen molar-refractivity contribution in [1.29, 1.82) is 0 Å². The highest BCUT2D eigenvalue weighted by molar-refractivity contribution is 7.19. The van der Waals surface area contributed by atoms with Gasteiger partial charge in [0.15, 0.2) is 5.78 Å². The van der Waals surface area contributed by atoms with Crippen molar-refractivity contribution in [2.45, 2.75) is 33.6 Å². The molecule has 6 heteroatoms. The van der Waals surface area contributed by atoms with E-state index in [9.17, 15) is 9.59 Å². The molecule has 2 rings (SSSR count). The number of nitrogens with zero attached hydrogens (tertiary/aromatic N) is 1. The molecule has 1 aliphatic rings. The molecule has 0 aliphatic carbocycles. The number of anilines is 2. The number of nitrogens with two attached hydrogens (primary N) is 1. The van der Waals surface area contributed by atoms with Crippen molar-refractivity contribution in [2.24, 2.45) is 5.92 Å². The van der Waals surface area contributed by atoms with Crippen LogP contribution in [0.1, 0.15) is 53.6 Å². The second-order valence-corrected chi connectivity index (χ2v) is 6.46. The highest BCUT2D eigenvalue weighted by atomic mass is 32.1. The Labute approximate surface area is 129 Å². The topological polar surface area (TPSA) is 72.6 Å². The molecular formula is C15H22N2O3S. The number of hydrogen-bond acceptors (Lipinski definition) is 6. The summed E-state index contributed by atoms with van der Waals surface area (Å²) in [5.41, 5.74) is 6.75. The third-order valence-electron chi connectivity index (χ3n) is 3.55. The lowest BCUT2D eigenvalue weighted by molar-refractivity contribution is 0.0529. The van der Waals surface area contributed by atoms with Gasteiger partial charge in [-0.15, -0.1) is 11.3 Å². The lowest BCUT2D eigenvalue weighted by atomic mass is 10.1. The van der Waals surface area contributed by atoms with E-state index in [-0.39, 0.29) is 17.4 Å². The summed E-state index contributed by atoms with van der Waals surface area (Å²) >= 11 is 1.32. The maximum atomic E-state index is 12.3. The second kappa shape index (κ2) is 6.47. The maximum Gasteiger partial charge on any atom is 0.343 e. The molecule has 1 aromatic heterocycles. The van der Waals surface area contributed by atoms with E-state index < -0.39 is 5.97 Å². The van der Waals surface area contributed by atoms with Gasteiger partial charge in [-0.2, -0.15) is 0 Å². The summed E-state index contributed by atoms with van der Waals surface area (Å²) in [6, 6.07) is 0. The summed E-state index contributed by atoms with van der Waals surface area (Å²) < 4.78 is 5.11. The van der Waals surface area contributed by atoms with Crippen molar-refractivity contribution in [2.75, 3.05) is 30.3 Å². The van der Waals surface area contributed by atoms with E-state index in [4.69, 9.17) is 10.5 Å². The van der Waals surface area contributed by atoms with Gasteiger partial charge in [-0.1, -0.05) is 13.8 Å². The minimum atomic E-state index is -0.434. The first kappa shape index (κ1) is 15.8. The third kappa shape index (κ3) is 3.05. The number of hydrogen-bond donors (Lipinski definition) is 1. The van der Waals surface area contributed by atoms with Gasteiger partial charge < -0.3 is 15.4 Å². The molecule has 5 nitrogen and oxygen atoms in total. The number of nitrogen functional groups attached to an aromatic ring is 1. The quantitative estimate of drug-likeness (QED) is 0.668. The number of ether oxygens (including phenoxy) is 1. The average Bonchev–Trinajstić information content (AvgIpc) is 3.05. The second-order valence-electron chi connectivity index (χ2n) is 5.46. The predicted octanol–water partition coefficient (Wildman–Crippen LogP) is 2.95. The standard InChI is InChI=1S/C15H22N2O3S/c1-4-20-15(19)10-11(16)13(12(18)9(2)3)21-14(10)17-7-5-6-8-17/h9H,4-8,16H2,1-3H3. The Morgan fingerprint density at radius 3 is 2.48 bits per heavy atom. The fourth-order valence-electron chi connectivity index (χ4n) is 2.42. The molecule has 0 unspecified atom stereocenters. The summed E-state index contributed by atoms with van der Waals surface area (Å²) in [6.45, 7) is 7.50. The summed E-state index contributed by atoms with van der Waals surface area (Å²) in [5, 5.41) is 0.785. The first-order valence-corrected chi connectivity index (χ1v) is 8.17. The van der Waals surface area contributed by atoms with E-state index in [1.807, 2.05) is 13.8 Å². The zero-order valence-corrected chi connectivity index (χ0v) is 13.6. The van der Waals surface area contributed by atoms with Crippen molar-refractivity contribution in [3.63, 3.8) is 0 Å². The molecule has 0 saturated carbocycles. The molecule has 1 saturated heterocycles. The van der Waals surface area contributed by atoms with Gasteiger partial charge in [0, 0.05) is 19.0 Å². The number of ketones is 1. The number of Topliss-reactive ketones (excluding diaryl/α,β-unsaturated/α-hetero) is 1. The highest BCUT2D eigenvalue weighted by Crippen LogP contribution is 2.41. The minimum absolute atomic E-state index is 0.0199. The summed E-state index contributed by atoms with van der Waals surface area (Å²) in [7, 11) is 0. The summed E-state index contributed by atoms with van der Waals surface area (Å²) in [5.74, 6) is -0.600. The lowest BCUT2D eigenvalue weighted by Crippen LogP contribution is -2.20. The van der Waals surface area contributed by atoms with Crippen LogP contribution in [0, 0.1) is 5.92 Å². The van der Waals surface area contributed by atoms with E-state index in [0.29, 0.717) is 17.0 Å². The van der Waals surface area contributed by atoms with Gasteiger partial charge in [0.05, 0.1) is 17.2 Å².